The Morgan fingerprint density at radius 1 is 1.35 bits per heavy atom. The molecule has 92 valence electrons. The number of hydrogen-bond acceptors (Lipinski definition) is 6. The van der Waals surface area contributed by atoms with Crippen LogP contribution in [0.25, 0.3) is 0 Å². The van der Waals surface area contributed by atoms with Crippen LogP contribution in [0.1, 0.15) is 11.5 Å². The number of sulfonamides is 1. The van der Waals surface area contributed by atoms with Crippen LogP contribution in [0.4, 0.5) is 0 Å². The summed E-state index contributed by atoms with van der Waals surface area (Å²) in [7, 11) is -3.74. The van der Waals surface area contributed by atoms with Crippen molar-refractivity contribution in [3.8, 4) is 0 Å². The molecule has 2 aromatic heterocycles. The minimum atomic E-state index is -3.74. The predicted octanol–water partition coefficient (Wildman–Crippen LogP) is 0.238. The Labute approximate surface area is 97.1 Å². The fourth-order valence-corrected chi connectivity index (χ4v) is 2.10. The molecule has 0 aliphatic rings. The third-order valence-electron chi connectivity index (χ3n) is 1.99. The van der Waals surface area contributed by atoms with E-state index >= 15 is 0 Å². The van der Waals surface area contributed by atoms with Gasteiger partial charge in [0.1, 0.15) is 18.6 Å². The summed E-state index contributed by atoms with van der Waals surface area (Å²) in [4.78, 5) is 0. The Bertz CT molecular complexity index is 572. The summed E-state index contributed by atoms with van der Waals surface area (Å²) in [5.74, 6) is 0.187. The van der Waals surface area contributed by atoms with Crippen molar-refractivity contribution >= 4 is 10.0 Å². The van der Waals surface area contributed by atoms with Crippen LogP contribution in [-0.2, 0) is 23.2 Å². The maximum Gasteiger partial charge on any atom is 0.274 e. The molecule has 0 fully saturated rings. The van der Waals surface area contributed by atoms with Crippen LogP contribution in [0.3, 0.4) is 0 Å². The Kier molecular flexibility index (Phi) is 3.27. The third kappa shape index (κ3) is 2.73. The summed E-state index contributed by atoms with van der Waals surface area (Å²) in [6, 6.07) is 4.21. The van der Waals surface area contributed by atoms with E-state index in [4.69, 9.17) is 9.52 Å². The van der Waals surface area contributed by atoms with Gasteiger partial charge in [0.25, 0.3) is 10.0 Å². The van der Waals surface area contributed by atoms with Gasteiger partial charge in [0.05, 0.1) is 12.2 Å². The zero-order chi connectivity index (χ0) is 12.3. The second kappa shape index (κ2) is 4.70. The maximum absolute atomic E-state index is 11.7. The van der Waals surface area contributed by atoms with Crippen molar-refractivity contribution in [3.05, 3.63) is 35.9 Å². The zero-order valence-corrected chi connectivity index (χ0v) is 9.48. The van der Waals surface area contributed by atoms with E-state index in [2.05, 4.69) is 14.4 Å². The molecule has 0 aromatic carbocycles. The van der Waals surface area contributed by atoms with Gasteiger partial charge in [-0.25, -0.2) is 13.1 Å². The minimum absolute atomic E-state index is 0.00793. The molecule has 0 bridgehead atoms. The molecule has 2 N–H and O–H groups in total. The summed E-state index contributed by atoms with van der Waals surface area (Å²) in [5, 5.41) is 12.1. The summed E-state index contributed by atoms with van der Waals surface area (Å²) >= 11 is 0. The Balaban J connectivity index is 2.08. The molecule has 2 heterocycles. The third-order valence-corrected chi connectivity index (χ3v) is 3.27. The van der Waals surface area contributed by atoms with E-state index in [0.29, 0.717) is 5.69 Å². The lowest BCUT2D eigenvalue weighted by Gasteiger charge is -2.01. The second-order valence-electron chi connectivity index (χ2n) is 3.19. The number of furan rings is 1. The largest absolute Gasteiger partial charge is 0.446 e. The molecule has 0 amide bonds. The summed E-state index contributed by atoms with van der Waals surface area (Å²) < 4.78 is 35.2. The Morgan fingerprint density at radius 2 is 2.18 bits per heavy atom. The van der Waals surface area contributed by atoms with Crippen LogP contribution in [0.2, 0.25) is 0 Å². The van der Waals surface area contributed by atoms with E-state index in [1.165, 1.54) is 18.4 Å². The highest BCUT2D eigenvalue weighted by Gasteiger charge is 2.18. The van der Waals surface area contributed by atoms with Crippen molar-refractivity contribution in [2.24, 2.45) is 0 Å². The van der Waals surface area contributed by atoms with Crippen LogP contribution < -0.4 is 4.72 Å². The van der Waals surface area contributed by atoms with Gasteiger partial charge < -0.3 is 14.0 Å². The van der Waals surface area contributed by atoms with Gasteiger partial charge in [-0.15, -0.1) is 0 Å². The number of aromatic nitrogens is 1. The molecule has 0 aliphatic carbocycles. The molecule has 0 atom stereocenters. The topological polar surface area (TPSA) is 106 Å². The molecule has 0 unspecified atom stereocenters. The summed E-state index contributed by atoms with van der Waals surface area (Å²) in [6.45, 7) is -0.340. The smallest absolute Gasteiger partial charge is 0.274 e. The monoisotopic (exact) mass is 258 g/mol. The fraction of sp³-hybridized carbons (Fsp3) is 0.222. The average molecular weight is 258 g/mol. The molecule has 8 heteroatoms. The summed E-state index contributed by atoms with van der Waals surface area (Å²) in [6.07, 6.45) is 1.35. The van der Waals surface area contributed by atoms with Gasteiger partial charge in [0.2, 0.25) is 5.09 Å². The fourth-order valence-electron chi connectivity index (χ4n) is 1.16. The molecule has 7 nitrogen and oxygen atoms in total. The average Bonchev–Trinajstić information content (AvgIpc) is 2.98. The zero-order valence-electron chi connectivity index (χ0n) is 8.66. The number of nitrogens with zero attached hydrogens (tertiary/aromatic N) is 1. The highest BCUT2D eigenvalue weighted by Crippen LogP contribution is 2.13. The van der Waals surface area contributed by atoms with Crippen molar-refractivity contribution in [1.29, 1.82) is 0 Å². The molecule has 2 rings (SSSR count). The highest BCUT2D eigenvalue weighted by atomic mass is 32.2. The van der Waals surface area contributed by atoms with Crippen molar-refractivity contribution in [2.75, 3.05) is 0 Å². The minimum Gasteiger partial charge on any atom is -0.446 e. The Morgan fingerprint density at radius 3 is 2.76 bits per heavy atom. The van der Waals surface area contributed by atoms with E-state index in [1.54, 1.807) is 6.07 Å². The number of aliphatic hydroxyl groups excluding tert-OH is 1. The van der Waals surface area contributed by atoms with Crippen molar-refractivity contribution in [3.63, 3.8) is 0 Å². The van der Waals surface area contributed by atoms with E-state index in [9.17, 15) is 8.42 Å². The van der Waals surface area contributed by atoms with Crippen molar-refractivity contribution in [2.45, 2.75) is 18.2 Å². The Hall–Kier alpha value is -1.64. The summed E-state index contributed by atoms with van der Waals surface area (Å²) in [5.41, 5.74) is 0.461. The number of aliphatic hydroxyl groups is 1. The van der Waals surface area contributed by atoms with Crippen LogP contribution >= 0.6 is 0 Å². The van der Waals surface area contributed by atoms with Crippen LogP contribution in [0.5, 0.6) is 0 Å². The van der Waals surface area contributed by atoms with E-state index in [-0.39, 0.29) is 24.0 Å². The van der Waals surface area contributed by atoms with Gasteiger partial charge in [0, 0.05) is 6.07 Å². The molecule has 0 aliphatic heterocycles. The normalized spacial score (nSPS) is 11.8. The molecular formula is C9H10N2O5S. The van der Waals surface area contributed by atoms with Gasteiger partial charge in [-0.05, 0) is 12.1 Å². The van der Waals surface area contributed by atoms with Crippen LogP contribution in [0, 0.1) is 0 Å². The lowest BCUT2D eigenvalue weighted by atomic mass is 10.5. The van der Waals surface area contributed by atoms with E-state index < -0.39 is 10.0 Å². The second-order valence-corrected chi connectivity index (χ2v) is 4.89. The van der Waals surface area contributed by atoms with Gasteiger partial charge >= 0.3 is 0 Å². The maximum atomic E-state index is 11.7. The molecular weight excluding hydrogens is 248 g/mol. The lowest BCUT2D eigenvalue weighted by molar-refractivity contribution is 0.236. The molecule has 0 radical (unpaired) electrons. The number of nitrogens with one attached hydrogen (secondary N) is 1. The molecule has 17 heavy (non-hydrogen) atoms. The quantitative estimate of drug-likeness (QED) is 0.795. The first kappa shape index (κ1) is 11.8. The van der Waals surface area contributed by atoms with Crippen molar-refractivity contribution < 1.29 is 22.5 Å². The van der Waals surface area contributed by atoms with Crippen LogP contribution in [-0.4, -0.2) is 18.7 Å². The van der Waals surface area contributed by atoms with Crippen LogP contribution in [0.15, 0.2) is 38.5 Å². The van der Waals surface area contributed by atoms with E-state index in [0.717, 1.165) is 0 Å². The molecule has 0 spiro atoms. The van der Waals surface area contributed by atoms with Gasteiger partial charge in [-0.3, -0.25) is 0 Å². The first-order valence-corrected chi connectivity index (χ1v) is 6.18. The molecule has 0 saturated carbocycles. The highest BCUT2D eigenvalue weighted by molar-refractivity contribution is 7.89. The van der Waals surface area contributed by atoms with Crippen molar-refractivity contribution in [1.82, 2.24) is 9.88 Å². The van der Waals surface area contributed by atoms with Gasteiger partial charge in [-0.2, -0.15) is 0 Å². The van der Waals surface area contributed by atoms with E-state index in [1.807, 2.05) is 0 Å². The lowest BCUT2D eigenvalue weighted by Crippen LogP contribution is -2.22. The first-order valence-electron chi connectivity index (χ1n) is 4.70. The standard InChI is InChI=1S/C9H10N2O5S/c12-6-8-1-2-9(16-8)17(13,14)10-5-7-3-4-15-11-7/h1-4,10,12H,5-6H2. The van der Waals surface area contributed by atoms with Gasteiger partial charge in [-0.1, -0.05) is 5.16 Å². The molecule has 0 saturated heterocycles. The first-order chi connectivity index (χ1) is 8.12. The SMILES string of the molecule is O=S(=O)(NCc1ccon1)c1ccc(CO)o1. The predicted molar refractivity (Wildman–Crippen MR) is 55.2 cm³/mol. The molecule has 2 aromatic rings. The number of rotatable bonds is 5. The van der Waals surface area contributed by atoms with Gasteiger partial charge in [0.15, 0.2) is 0 Å². The number of hydrogen-bond donors (Lipinski definition) is 2.